The molecule has 0 aliphatic heterocycles. The number of thiophene rings is 1. The Morgan fingerprint density at radius 2 is 2.25 bits per heavy atom. The van der Waals surface area contributed by atoms with E-state index in [-0.39, 0.29) is 6.04 Å². The van der Waals surface area contributed by atoms with E-state index in [1.165, 1.54) is 42.6 Å². The standard InChI is InChI=1S/C12H17BrN2S/c13-10-7-8-16-12(10)11(15-14)9-5-3-1-2-4-6-9/h5,7-8,11,15H,1-4,6,14H2. The fourth-order valence-corrected chi connectivity index (χ4v) is 3.87. The summed E-state index contributed by atoms with van der Waals surface area (Å²) in [6, 6.07) is 2.27. The van der Waals surface area contributed by atoms with Crippen LogP contribution in [0, 0.1) is 0 Å². The first-order chi connectivity index (χ1) is 7.83. The molecule has 1 atom stereocenters. The Morgan fingerprint density at radius 3 is 2.94 bits per heavy atom. The lowest BCUT2D eigenvalue weighted by Crippen LogP contribution is -2.29. The third kappa shape index (κ3) is 2.74. The van der Waals surface area contributed by atoms with Crippen molar-refractivity contribution >= 4 is 27.3 Å². The lowest BCUT2D eigenvalue weighted by atomic mass is 10.0. The van der Waals surface area contributed by atoms with E-state index in [1.807, 2.05) is 0 Å². The zero-order valence-corrected chi connectivity index (χ0v) is 11.6. The van der Waals surface area contributed by atoms with Crippen molar-refractivity contribution in [3.05, 3.63) is 32.4 Å². The number of allylic oxidation sites excluding steroid dienone is 1. The summed E-state index contributed by atoms with van der Waals surface area (Å²) in [6.07, 6.45) is 8.65. The van der Waals surface area contributed by atoms with Crippen molar-refractivity contribution in [1.29, 1.82) is 0 Å². The molecule has 1 unspecified atom stereocenters. The van der Waals surface area contributed by atoms with Crippen LogP contribution in [0.5, 0.6) is 0 Å². The third-order valence-electron chi connectivity index (χ3n) is 3.02. The Balaban J connectivity index is 2.21. The molecule has 88 valence electrons. The highest BCUT2D eigenvalue weighted by atomic mass is 79.9. The van der Waals surface area contributed by atoms with E-state index in [0.717, 1.165) is 4.47 Å². The zero-order valence-electron chi connectivity index (χ0n) is 9.21. The Bertz CT molecular complexity index is 373. The topological polar surface area (TPSA) is 38.0 Å². The highest BCUT2D eigenvalue weighted by molar-refractivity contribution is 9.10. The molecule has 2 nitrogen and oxygen atoms in total. The number of halogens is 1. The maximum atomic E-state index is 5.71. The second-order valence-corrected chi connectivity index (χ2v) is 5.91. The normalized spacial score (nSPS) is 19.0. The van der Waals surface area contributed by atoms with Gasteiger partial charge in [0, 0.05) is 9.35 Å². The molecular formula is C12H17BrN2S. The van der Waals surface area contributed by atoms with Crippen LogP contribution in [0.2, 0.25) is 0 Å². The van der Waals surface area contributed by atoms with E-state index in [9.17, 15) is 0 Å². The average Bonchev–Trinajstić information content (AvgIpc) is 2.57. The average molecular weight is 301 g/mol. The van der Waals surface area contributed by atoms with Crippen LogP contribution in [0.3, 0.4) is 0 Å². The van der Waals surface area contributed by atoms with Gasteiger partial charge in [-0.15, -0.1) is 11.3 Å². The van der Waals surface area contributed by atoms with Gasteiger partial charge in [0.05, 0.1) is 6.04 Å². The van der Waals surface area contributed by atoms with E-state index in [1.54, 1.807) is 11.3 Å². The van der Waals surface area contributed by atoms with E-state index in [4.69, 9.17) is 5.84 Å². The quantitative estimate of drug-likeness (QED) is 0.505. The summed E-state index contributed by atoms with van der Waals surface area (Å²) in [4.78, 5) is 1.29. The number of hydrogen-bond donors (Lipinski definition) is 2. The zero-order chi connectivity index (χ0) is 11.4. The number of nitrogens with one attached hydrogen (secondary N) is 1. The maximum Gasteiger partial charge on any atom is 0.0773 e. The smallest absolute Gasteiger partial charge is 0.0773 e. The molecule has 1 aromatic rings. The first-order valence-electron chi connectivity index (χ1n) is 5.71. The molecule has 0 bridgehead atoms. The molecule has 0 saturated carbocycles. The van der Waals surface area contributed by atoms with Gasteiger partial charge < -0.3 is 0 Å². The number of rotatable bonds is 3. The molecule has 1 aliphatic carbocycles. The largest absolute Gasteiger partial charge is 0.271 e. The molecular weight excluding hydrogens is 284 g/mol. The summed E-state index contributed by atoms with van der Waals surface area (Å²) in [5.74, 6) is 5.71. The van der Waals surface area contributed by atoms with Gasteiger partial charge in [-0.05, 0) is 53.1 Å². The van der Waals surface area contributed by atoms with Gasteiger partial charge in [-0.1, -0.05) is 18.1 Å². The van der Waals surface area contributed by atoms with Crippen LogP contribution >= 0.6 is 27.3 Å². The second kappa shape index (κ2) is 5.96. The van der Waals surface area contributed by atoms with Crippen LogP contribution in [0.4, 0.5) is 0 Å². The summed E-state index contributed by atoms with van der Waals surface area (Å²) in [5.41, 5.74) is 4.40. The SMILES string of the molecule is NNC(C1=CCCCCC1)c1sccc1Br. The summed E-state index contributed by atoms with van der Waals surface area (Å²) in [7, 11) is 0. The van der Waals surface area contributed by atoms with Crippen molar-refractivity contribution in [3.8, 4) is 0 Å². The fourth-order valence-electron chi connectivity index (χ4n) is 2.16. The molecule has 0 amide bonds. The van der Waals surface area contributed by atoms with Gasteiger partial charge in [-0.25, -0.2) is 5.43 Å². The minimum Gasteiger partial charge on any atom is -0.271 e. The Kier molecular flexibility index (Phi) is 4.58. The summed E-state index contributed by atoms with van der Waals surface area (Å²) >= 11 is 5.33. The first kappa shape index (κ1) is 12.3. The maximum absolute atomic E-state index is 5.71. The van der Waals surface area contributed by atoms with Gasteiger partial charge in [0.15, 0.2) is 0 Å². The van der Waals surface area contributed by atoms with Crippen molar-refractivity contribution in [1.82, 2.24) is 5.43 Å². The minimum absolute atomic E-state index is 0.187. The Morgan fingerprint density at radius 1 is 1.38 bits per heavy atom. The third-order valence-corrected chi connectivity index (χ3v) is 4.96. The molecule has 3 N–H and O–H groups in total. The van der Waals surface area contributed by atoms with Gasteiger partial charge in [-0.2, -0.15) is 0 Å². The van der Waals surface area contributed by atoms with Crippen molar-refractivity contribution in [3.63, 3.8) is 0 Å². The van der Waals surface area contributed by atoms with E-state index < -0.39 is 0 Å². The summed E-state index contributed by atoms with van der Waals surface area (Å²) in [5, 5.41) is 2.10. The molecule has 0 aromatic carbocycles. The predicted molar refractivity (Wildman–Crippen MR) is 73.3 cm³/mol. The summed E-state index contributed by atoms with van der Waals surface area (Å²) < 4.78 is 1.16. The molecule has 16 heavy (non-hydrogen) atoms. The van der Waals surface area contributed by atoms with Crippen molar-refractivity contribution in [2.45, 2.75) is 38.1 Å². The van der Waals surface area contributed by atoms with Gasteiger partial charge in [-0.3, -0.25) is 5.84 Å². The lowest BCUT2D eigenvalue weighted by molar-refractivity contribution is 0.599. The minimum atomic E-state index is 0.187. The number of nitrogens with two attached hydrogens (primary N) is 1. The summed E-state index contributed by atoms with van der Waals surface area (Å²) in [6.45, 7) is 0. The Labute approximate surface area is 109 Å². The molecule has 0 fully saturated rings. The molecule has 0 saturated heterocycles. The van der Waals surface area contributed by atoms with Crippen molar-refractivity contribution in [2.24, 2.45) is 5.84 Å². The number of hydrazine groups is 1. The van der Waals surface area contributed by atoms with Crippen LogP contribution < -0.4 is 11.3 Å². The monoisotopic (exact) mass is 300 g/mol. The van der Waals surface area contributed by atoms with Crippen molar-refractivity contribution in [2.75, 3.05) is 0 Å². The van der Waals surface area contributed by atoms with Gasteiger partial charge in [0.2, 0.25) is 0 Å². The molecule has 0 radical (unpaired) electrons. The highest BCUT2D eigenvalue weighted by Gasteiger charge is 2.19. The molecule has 0 spiro atoms. The van der Waals surface area contributed by atoms with Crippen LogP contribution in [-0.2, 0) is 0 Å². The lowest BCUT2D eigenvalue weighted by Gasteiger charge is -2.18. The molecule has 2 rings (SSSR count). The van der Waals surface area contributed by atoms with Crippen LogP contribution in [0.25, 0.3) is 0 Å². The molecule has 1 aliphatic rings. The predicted octanol–water partition coefficient (Wildman–Crippen LogP) is 3.91. The first-order valence-corrected chi connectivity index (χ1v) is 7.38. The van der Waals surface area contributed by atoms with Gasteiger partial charge in [0.25, 0.3) is 0 Å². The van der Waals surface area contributed by atoms with Gasteiger partial charge >= 0.3 is 0 Å². The van der Waals surface area contributed by atoms with Crippen LogP contribution in [-0.4, -0.2) is 0 Å². The van der Waals surface area contributed by atoms with Gasteiger partial charge in [0.1, 0.15) is 0 Å². The van der Waals surface area contributed by atoms with E-state index in [0.29, 0.717) is 0 Å². The number of hydrogen-bond acceptors (Lipinski definition) is 3. The van der Waals surface area contributed by atoms with Crippen molar-refractivity contribution < 1.29 is 0 Å². The highest BCUT2D eigenvalue weighted by Crippen LogP contribution is 2.35. The fraction of sp³-hybridized carbons (Fsp3) is 0.500. The van der Waals surface area contributed by atoms with Crippen LogP contribution in [0.15, 0.2) is 27.6 Å². The Hall–Kier alpha value is -0.160. The van der Waals surface area contributed by atoms with E-state index in [2.05, 4.69) is 38.9 Å². The molecule has 1 heterocycles. The van der Waals surface area contributed by atoms with Crippen LogP contribution in [0.1, 0.15) is 43.0 Å². The molecule has 1 aromatic heterocycles. The van der Waals surface area contributed by atoms with E-state index >= 15 is 0 Å². The second-order valence-electron chi connectivity index (χ2n) is 4.11. The molecule has 4 heteroatoms.